The predicted octanol–water partition coefficient (Wildman–Crippen LogP) is 7.32. The molecule has 0 saturated heterocycles. The summed E-state index contributed by atoms with van der Waals surface area (Å²) < 4.78 is 35.3. The Morgan fingerprint density at radius 3 is 1.02 bits per heavy atom. The third-order valence-corrected chi connectivity index (χ3v) is 7.78. The molecule has 41 heavy (non-hydrogen) atoms. The van der Waals surface area contributed by atoms with Crippen LogP contribution >= 0.6 is 15.6 Å². The quantitative estimate of drug-likeness (QED) is 0.195. The number of phosphoric acid groups is 2. The molecular formula is C30H49NaO8P2. The van der Waals surface area contributed by atoms with Crippen LogP contribution in [0.4, 0.5) is 0 Å². The molecule has 2 aromatic carbocycles. The average molecular weight is 623 g/mol. The van der Waals surface area contributed by atoms with Crippen molar-refractivity contribution in [2.45, 2.75) is 118 Å². The van der Waals surface area contributed by atoms with E-state index < -0.39 is 32.4 Å². The van der Waals surface area contributed by atoms with Gasteiger partial charge in [0.2, 0.25) is 0 Å². The second-order valence-corrected chi connectivity index (χ2v) is 17.1. The van der Waals surface area contributed by atoms with E-state index in [-0.39, 0.29) is 51.9 Å². The fourth-order valence-corrected chi connectivity index (χ4v) is 5.42. The average Bonchev–Trinajstić information content (AvgIpc) is 2.67. The molecule has 0 bridgehead atoms. The molecule has 0 amide bonds. The third kappa shape index (κ3) is 10.2. The first kappa shape index (κ1) is 38.4. The van der Waals surface area contributed by atoms with Crippen LogP contribution in [0.1, 0.15) is 129 Å². The van der Waals surface area contributed by atoms with Crippen molar-refractivity contribution in [1.29, 1.82) is 0 Å². The van der Waals surface area contributed by atoms with Crippen LogP contribution in [-0.2, 0) is 30.8 Å². The van der Waals surface area contributed by atoms with E-state index in [9.17, 15) is 28.7 Å². The van der Waals surface area contributed by atoms with Gasteiger partial charge in [-0.05, 0) is 32.8 Å². The Hall–Kier alpha value is -0.660. The molecule has 0 saturated carbocycles. The van der Waals surface area contributed by atoms with E-state index >= 15 is 0 Å². The second kappa shape index (κ2) is 12.4. The van der Waals surface area contributed by atoms with Gasteiger partial charge in [-0.3, -0.25) is 19.6 Å². The summed E-state index contributed by atoms with van der Waals surface area (Å²) in [6.45, 7) is 25.8. The van der Waals surface area contributed by atoms with Crippen LogP contribution in [0.2, 0.25) is 0 Å². The standard InChI is InChI=1S/C30H48O8P2.Na.H/c1-18(21-14-19(27(2,3)4)16-23(29(8,9)10)25(21)37-39(31,32)33)22-15-20(28(5,6)7)17-24(30(11,12)13)26(22)38-40(34,35)36;;/h14-18H,1-13H3,(H2,31,32,33)(H2,34,35,36);;. The number of hydrogen-bond acceptors (Lipinski definition) is 4. The van der Waals surface area contributed by atoms with Gasteiger partial charge in [0.15, 0.2) is 0 Å². The molecule has 0 atom stereocenters. The van der Waals surface area contributed by atoms with Crippen molar-refractivity contribution in [2.75, 3.05) is 0 Å². The SMILES string of the molecule is CC(c1cc(C(C)(C)C)cc(C(C)(C)C)c1OP(=O)(O)O)c1cc(C(C)(C)C)cc(C(C)(C)C)c1OP(=O)(O)O.[NaH]. The van der Waals surface area contributed by atoms with Crippen LogP contribution in [0.3, 0.4) is 0 Å². The Morgan fingerprint density at radius 2 is 0.829 bits per heavy atom. The Kier molecular flexibility index (Phi) is 11.6. The van der Waals surface area contributed by atoms with Crippen molar-refractivity contribution in [3.05, 3.63) is 57.6 Å². The van der Waals surface area contributed by atoms with E-state index in [0.29, 0.717) is 22.3 Å². The van der Waals surface area contributed by atoms with Crippen LogP contribution < -0.4 is 9.05 Å². The molecule has 4 N–H and O–H groups in total. The van der Waals surface area contributed by atoms with Crippen LogP contribution in [0.15, 0.2) is 24.3 Å². The number of phosphoric ester groups is 2. The molecule has 0 unspecified atom stereocenters. The van der Waals surface area contributed by atoms with Gasteiger partial charge in [0, 0.05) is 28.2 Å². The Balaban J connectivity index is 0.00000840. The number of hydrogen-bond donors (Lipinski definition) is 4. The van der Waals surface area contributed by atoms with Crippen LogP contribution in [-0.4, -0.2) is 49.1 Å². The van der Waals surface area contributed by atoms with Gasteiger partial charge in [-0.1, -0.05) is 114 Å². The Labute approximate surface area is 268 Å². The van der Waals surface area contributed by atoms with E-state index in [2.05, 4.69) is 0 Å². The molecule has 0 aliphatic heterocycles. The van der Waals surface area contributed by atoms with Gasteiger partial charge in [0.25, 0.3) is 0 Å². The Bertz CT molecular complexity index is 1240. The van der Waals surface area contributed by atoms with Crippen LogP contribution in [0.5, 0.6) is 11.5 Å². The number of benzene rings is 2. The van der Waals surface area contributed by atoms with Crippen LogP contribution in [0.25, 0.3) is 0 Å². The maximum absolute atomic E-state index is 12.2. The topological polar surface area (TPSA) is 134 Å². The fraction of sp³-hybridized carbons (Fsp3) is 0.600. The van der Waals surface area contributed by atoms with Crippen molar-refractivity contribution >= 4 is 45.2 Å². The predicted molar refractivity (Wildman–Crippen MR) is 168 cm³/mol. The van der Waals surface area contributed by atoms with Gasteiger partial charge in [0.05, 0.1) is 0 Å². The van der Waals surface area contributed by atoms with Gasteiger partial charge in [-0.2, -0.15) is 0 Å². The molecule has 0 radical (unpaired) electrons. The van der Waals surface area contributed by atoms with Crippen molar-refractivity contribution in [3.63, 3.8) is 0 Å². The summed E-state index contributed by atoms with van der Waals surface area (Å²) in [5, 5.41) is 0. The normalized spacial score (nSPS) is 13.7. The van der Waals surface area contributed by atoms with Crippen molar-refractivity contribution in [3.8, 4) is 11.5 Å². The first-order chi connectivity index (χ1) is 17.5. The molecule has 8 nitrogen and oxygen atoms in total. The molecule has 0 aromatic heterocycles. The van der Waals surface area contributed by atoms with Crippen molar-refractivity contribution < 1.29 is 37.8 Å². The third-order valence-electron chi connectivity index (χ3n) is 6.94. The summed E-state index contributed by atoms with van der Waals surface area (Å²) in [6.07, 6.45) is 0. The fourth-order valence-electron chi connectivity index (χ4n) is 4.54. The van der Waals surface area contributed by atoms with Gasteiger partial charge in [-0.25, -0.2) is 9.13 Å². The molecule has 11 heteroatoms. The van der Waals surface area contributed by atoms with E-state index in [4.69, 9.17) is 9.05 Å². The first-order valence-corrected chi connectivity index (χ1v) is 16.5. The summed E-state index contributed by atoms with van der Waals surface area (Å²) in [4.78, 5) is 39.7. The molecule has 0 fully saturated rings. The Morgan fingerprint density at radius 1 is 0.561 bits per heavy atom. The summed E-state index contributed by atoms with van der Waals surface area (Å²) >= 11 is 0. The van der Waals surface area contributed by atoms with Gasteiger partial charge < -0.3 is 9.05 Å². The molecular weight excluding hydrogens is 573 g/mol. The van der Waals surface area contributed by atoms with E-state index in [0.717, 1.165) is 11.1 Å². The molecule has 0 aliphatic rings. The summed E-state index contributed by atoms with van der Waals surface area (Å²) in [5.41, 5.74) is 2.34. The van der Waals surface area contributed by atoms with Gasteiger partial charge in [-0.15, -0.1) is 0 Å². The second-order valence-electron chi connectivity index (χ2n) is 14.8. The molecule has 0 spiro atoms. The maximum atomic E-state index is 12.2. The molecule has 0 heterocycles. The zero-order chi connectivity index (χ0) is 31.4. The zero-order valence-electron chi connectivity index (χ0n) is 26.2. The van der Waals surface area contributed by atoms with Crippen molar-refractivity contribution in [2.24, 2.45) is 0 Å². The van der Waals surface area contributed by atoms with Gasteiger partial charge in [0.1, 0.15) is 11.5 Å². The molecule has 0 aliphatic carbocycles. The zero-order valence-corrected chi connectivity index (χ0v) is 28.0. The van der Waals surface area contributed by atoms with Crippen LogP contribution in [0, 0.1) is 0 Å². The van der Waals surface area contributed by atoms with E-state index in [1.807, 2.05) is 114 Å². The summed E-state index contributed by atoms with van der Waals surface area (Å²) in [7, 11) is -9.94. The molecule has 228 valence electrons. The molecule has 2 aromatic rings. The first-order valence-electron chi connectivity index (χ1n) is 13.4. The van der Waals surface area contributed by atoms with E-state index in [1.54, 1.807) is 0 Å². The minimum absolute atomic E-state index is 0. The monoisotopic (exact) mass is 622 g/mol. The molecule has 2 rings (SSSR count). The van der Waals surface area contributed by atoms with E-state index in [1.165, 1.54) is 0 Å². The van der Waals surface area contributed by atoms with Crippen molar-refractivity contribution in [1.82, 2.24) is 0 Å². The van der Waals surface area contributed by atoms with Gasteiger partial charge >= 0.3 is 45.2 Å². The summed E-state index contributed by atoms with van der Waals surface area (Å²) in [6, 6.07) is 7.57. The number of rotatable bonds is 6. The summed E-state index contributed by atoms with van der Waals surface area (Å²) in [5.74, 6) is -0.515. The minimum atomic E-state index is -4.97.